The lowest BCUT2D eigenvalue weighted by atomic mass is 9.87. The SMILES string of the molecule is CCC(CC)C1=NOC2CCCC12. The minimum Gasteiger partial charge on any atom is -0.392 e. The van der Waals surface area contributed by atoms with Gasteiger partial charge in [0, 0.05) is 11.8 Å². The van der Waals surface area contributed by atoms with Gasteiger partial charge < -0.3 is 4.84 Å². The molecule has 1 saturated carbocycles. The minimum absolute atomic E-state index is 0.440. The molecule has 0 radical (unpaired) electrons. The van der Waals surface area contributed by atoms with Crippen LogP contribution in [0.5, 0.6) is 0 Å². The first-order valence-electron chi connectivity index (χ1n) is 5.60. The standard InChI is InChI=1S/C11H19NO/c1-3-8(4-2)11-9-6-5-7-10(9)13-12-11/h8-10H,3-7H2,1-2H3. The van der Waals surface area contributed by atoms with Gasteiger partial charge in [0.15, 0.2) is 0 Å². The van der Waals surface area contributed by atoms with Gasteiger partial charge in [0.1, 0.15) is 6.10 Å². The Morgan fingerprint density at radius 3 is 2.85 bits per heavy atom. The van der Waals surface area contributed by atoms with Crippen LogP contribution < -0.4 is 0 Å². The van der Waals surface area contributed by atoms with Crippen LogP contribution in [0.25, 0.3) is 0 Å². The van der Waals surface area contributed by atoms with E-state index in [9.17, 15) is 0 Å². The van der Waals surface area contributed by atoms with E-state index in [1.54, 1.807) is 0 Å². The molecular weight excluding hydrogens is 162 g/mol. The average molecular weight is 181 g/mol. The lowest BCUT2D eigenvalue weighted by molar-refractivity contribution is 0.0746. The number of hydrogen-bond donors (Lipinski definition) is 0. The first kappa shape index (κ1) is 9.04. The van der Waals surface area contributed by atoms with Gasteiger partial charge >= 0.3 is 0 Å². The lowest BCUT2D eigenvalue weighted by Crippen LogP contribution is -2.23. The molecule has 1 aliphatic carbocycles. The molecule has 0 bridgehead atoms. The van der Waals surface area contributed by atoms with Gasteiger partial charge in [-0.2, -0.15) is 0 Å². The van der Waals surface area contributed by atoms with Crippen LogP contribution in [0.4, 0.5) is 0 Å². The Morgan fingerprint density at radius 1 is 1.38 bits per heavy atom. The van der Waals surface area contributed by atoms with Crippen molar-refractivity contribution >= 4 is 5.71 Å². The molecule has 74 valence electrons. The Labute approximate surface area is 80.3 Å². The third-order valence-electron chi connectivity index (χ3n) is 3.53. The first-order valence-corrected chi connectivity index (χ1v) is 5.60. The highest BCUT2D eigenvalue weighted by Crippen LogP contribution is 2.37. The van der Waals surface area contributed by atoms with Crippen molar-refractivity contribution in [2.24, 2.45) is 17.0 Å². The molecule has 0 aromatic rings. The molecule has 2 rings (SSSR count). The Balaban J connectivity index is 2.06. The molecule has 0 N–H and O–H groups in total. The maximum absolute atomic E-state index is 5.46. The summed E-state index contributed by atoms with van der Waals surface area (Å²) in [5.74, 6) is 1.35. The predicted octanol–water partition coefficient (Wildman–Crippen LogP) is 2.98. The van der Waals surface area contributed by atoms with Crippen LogP contribution in [0.3, 0.4) is 0 Å². The van der Waals surface area contributed by atoms with E-state index in [0.29, 0.717) is 17.9 Å². The summed E-state index contributed by atoms with van der Waals surface area (Å²) in [5.41, 5.74) is 1.37. The molecule has 0 aromatic heterocycles. The second kappa shape index (κ2) is 3.69. The molecule has 2 heteroatoms. The molecular formula is C11H19NO. The molecule has 1 aliphatic heterocycles. The highest BCUT2D eigenvalue weighted by atomic mass is 16.6. The number of fused-ring (bicyclic) bond motifs is 1. The average Bonchev–Trinajstić information content (AvgIpc) is 2.70. The van der Waals surface area contributed by atoms with Gasteiger partial charge in [0.25, 0.3) is 0 Å². The van der Waals surface area contributed by atoms with Gasteiger partial charge in [-0.25, -0.2) is 0 Å². The van der Waals surface area contributed by atoms with Crippen LogP contribution in [-0.4, -0.2) is 11.8 Å². The first-order chi connectivity index (χ1) is 6.36. The zero-order valence-electron chi connectivity index (χ0n) is 8.62. The molecule has 2 nitrogen and oxygen atoms in total. The van der Waals surface area contributed by atoms with E-state index in [1.807, 2.05) is 0 Å². The second-order valence-corrected chi connectivity index (χ2v) is 4.21. The summed E-state index contributed by atoms with van der Waals surface area (Å²) >= 11 is 0. The van der Waals surface area contributed by atoms with Gasteiger partial charge in [-0.05, 0) is 32.1 Å². The number of nitrogens with zero attached hydrogens (tertiary/aromatic N) is 1. The van der Waals surface area contributed by atoms with Crippen molar-refractivity contribution in [3.05, 3.63) is 0 Å². The summed E-state index contributed by atoms with van der Waals surface area (Å²) < 4.78 is 0. The Bertz CT molecular complexity index is 208. The largest absolute Gasteiger partial charge is 0.392 e. The van der Waals surface area contributed by atoms with Gasteiger partial charge in [0.05, 0.1) is 5.71 Å². The zero-order valence-corrected chi connectivity index (χ0v) is 8.62. The van der Waals surface area contributed by atoms with Crippen LogP contribution in [0.2, 0.25) is 0 Å². The van der Waals surface area contributed by atoms with E-state index in [2.05, 4.69) is 19.0 Å². The van der Waals surface area contributed by atoms with E-state index in [-0.39, 0.29) is 0 Å². The molecule has 0 aromatic carbocycles. The van der Waals surface area contributed by atoms with E-state index in [4.69, 9.17) is 4.84 Å². The van der Waals surface area contributed by atoms with Crippen LogP contribution in [0, 0.1) is 11.8 Å². The van der Waals surface area contributed by atoms with Crippen molar-refractivity contribution in [1.82, 2.24) is 0 Å². The molecule has 1 fully saturated rings. The van der Waals surface area contributed by atoms with Crippen LogP contribution in [0.15, 0.2) is 5.16 Å². The van der Waals surface area contributed by atoms with Crippen molar-refractivity contribution in [3.8, 4) is 0 Å². The molecule has 0 amide bonds. The van der Waals surface area contributed by atoms with Crippen molar-refractivity contribution in [2.75, 3.05) is 0 Å². The van der Waals surface area contributed by atoms with E-state index in [1.165, 1.54) is 37.8 Å². The number of oxime groups is 1. The predicted molar refractivity (Wildman–Crippen MR) is 53.7 cm³/mol. The van der Waals surface area contributed by atoms with Crippen LogP contribution in [0.1, 0.15) is 46.0 Å². The molecule has 0 spiro atoms. The molecule has 13 heavy (non-hydrogen) atoms. The topological polar surface area (TPSA) is 21.6 Å². The Kier molecular flexibility index (Phi) is 2.56. The summed E-state index contributed by atoms with van der Waals surface area (Å²) in [4.78, 5) is 5.46. The normalized spacial score (nSPS) is 31.8. The molecule has 2 aliphatic rings. The Morgan fingerprint density at radius 2 is 2.15 bits per heavy atom. The Hall–Kier alpha value is -0.530. The van der Waals surface area contributed by atoms with Gasteiger partial charge in [0.2, 0.25) is 0 Å². The minimum atomic E-state index is 0.440. The summed E-state index contributed by atoms with van der Waals surface area (Å²) in [6.45, 7) is 4.50. The quantitative estimate of drug-likeness (QED) is 0.656. The highest BCUT2D eigenvalue weighted by molar-refractivity contribution is 5.90. The third-order valence-corrected chi connectivity index (χ3v) is 3.53. The highest BCUT2D eigenvalue weighted by Gasteiger charge is 2.39. The maximum atomic E-state index is 5.46. The lowest BCUT2D eigenvalue weighted by Gasteiger charge is -2.15. The van der Waals surface area contributed by atoms with E-state index >= 15 is 0 Å². The zero-order chi connectivity index (χ0) is 9.26. The molecule has 2 unspecified atom stereocenters. The van der Waals surface area contributed by atoms with Crippen molar-refractivity contribution < 1.29 is 4.84 Å². The van der Waals surface area contributed by atoms with E-state index in [0.717, 1.165) is 0 Å². The summed E-state index contributed by atoms with van der Waals surface area (Å²) in [5, 5.41) is 4.28. The summed E-state index contributed by atoms with van der Waals surface area (Å²) in [6.07, 6.45) is 6.71. The van der Waals surface area contributed by atoms with Crippen molar-refractivity contribution in [2.45, 2.75) is 52.1 Å². The van der Waals surface area contributed by atoms with Gasteiger partial charge in [-0.15, -0.1) is 0 Å². The molecule has 2 atom stereocenters. The van der Waals surface area contributed by atoms with Crippen molar-refractivity contribution in [3.63, 3.8) is 0 Å². The number of rotatable bonds is 3. The van der Waals surface area contributed by atoms with Crippen LogP contribution >= 0.6 is 0 Å². The van der Waals surface area contributed by atoms with Gasteiger partial charge in [-0.1, -0.05) is 19.0 Å². The second-order valence-electron chi connectivity index (χ2n) is 4.21. The fourth-order valence-electron chi connectivity index (χ4n) is 2.67. The van der Waals surface area contributed by atoms with Crippen LogP contribution in [-0.2, 0) is 4.84 Å². The smallest absolute Gasteiger partial charge is 0.135 e. The third kappa shape index (κ3) is 1.47. The fraction of sp³-hybridized carbons (Fsp3) is 0.909. The molecule has 1 heterocycles. The van der Waals surface area contributed by atoms with E-state index < -0.39 is 0 Å². The summed E-state index contributed by atoms with van der Waals surface area (Å²) in [7, 11) is 0. The van der Waals surface area contributed by atoms with Gasteiger partial charge in [-0.3, -0.25) is 0 Å². The maximum Gasteiger partial charge on any atom is 0.135 e. The summed E-state index contributed by atoms with van der Waals surface area (Å²) in [6, 6.07) is 0. The monoisotopic (exact) mass is 181 g/mol. The molecule has 0 saturated heterocycles. The van der Waals surface area contributed by atoms with Crippen molar-refractivity contribution in [1.29, 1.82) is 0 Å². The fourth-order valence-corrected chi connectivity index (χ4v) is 2.67. The number of hydrogen-bond acceptors (Lipinski definition) is 2.